The topological polar surface area (TPSA) is 42.8 Å². The first-order valence-electron chi connectivity index (χ1n) is 9.63. The molecule has 2 aromatic heterocycles. The van der Waals surface area contributed by atoms with E-state index in [1.165, 1.54) is 27.7 Å². The summed E-state index contributed by atoms with van der Waals surface area (Å²) >= 11 is 0. The quantitative estimate of drug-likeness (QED) is 0.559. The van der Waals surface area contributed by atoms with Crippen LogP contribution in [-0.4, -0.2) is 27.7 Å². The molecule has 5 rings (SSSR count). The van der Waals surface area contributed by atoms with Crippen LogP contribution in [0.3, 0.4) is 0 Å². The Labute approximate surface area is 158 Å². The van der Waals surface area contributed by atoms with Gasteiger partial charge >= 0.3 is 0 Å². The molecule has 0 aliphatic carbocycles. The predicted octanol–water partition coefficient (Wildman–Crippen LogP) is 4.78. The van der Waals surface area contributed by atoms with Gasteiger partial charge in [-0.3, -0.25) is 0 Å². The molecule has 3 heterocycles. The number of fused-ring (bicyclic) bond motifs is 1. The lowest BCUT2D eigenvalue weighted by atomic mass is 9.99. The Hall–Kier alpha value is -2.85. The van der Waals surface area contributed by atoms with Crippen molar-refractivity contribution in [2.45, 2.75) is 25.3 Å². The summed E-state index contributed by atoms with van der Waals surface area (Å²) in [4.78, 5) is 8.17. The molecule has 4 heteroatoms. The number of imidazole rings is 1. The minimum atomic E-state index is 0.422. The Balaban J connectivity index is 1.47. The molecule has 27 heavy (non-hydrogen) atoms. The number of aryl methyl sites for hydroxylation is 2. The summed E-state index contributed by atoms with van der Waals surface area (Å²) in [5, 5.41) is 1.31. The van der Waals surface area contributed by atoms with Gasteiger partial charge in [0.25, 0.3) is 0 Å². The number of rotatable bonds is 5. The maximum atomic E-state index is 5.69. The molecule has 1 saturated heterocycles. The monoisotopic (exact) mass is 357 g/mol. The number of hydrogen-bond acceptors (Lipinski definition) is 2. The zero-order valence-corrected chi connectivity index (χ0v) is 15.3. The number of ether oxygens (including phenoxy) is 1. The molecule has 0 bridgehead atoms. The summed E-state index contributed by atoms with van der Waals surface area (Å²) in [7, 11) is 0. The van der Waals surface area contributed by atoms with E-state index in [2.05, 4.69) is 70.3 Å². The Morgan fingerprint density at radius 3 is 2.78 bits per heavy atom. The van der Waals surface area contributed by atoms with Crippen LogP contribution in [0.5, 0.6) is 0 Å². The molecule has 0 spiro atoms. The third-order valence-corrected chi connectivity index (χ3v) is 5.54. The molecule has 0 amide bonds. The summed E-state index contributed by atoms with van der Waals surface area (Å²) in [6, 6.07) is 19.0. The van der Waals surface area contributed by atoms with E-state index in [0.717, 1.165) is 38.3 Å². The Morgan fingerprint density at radius 2 is 1.93 bits per heavy atom. The van der Waals surface area contributed by atoms with Gasteiger partial charge in [-0.05, 0) is 24.5 Å². The number of para-hydroxylation sites is 1. The maximum absolute atomic E-state index is 5.69. The van der Waals surface area contributed by atoms with Crippen LogP contribution in [0.15, 0.2) is 67.1 Å². The van der Waals surface area contributed by atoms with Gasteiger partial charge in [-0.25, -0.2) is 4.98 Å². The molecule has 1 atom stereocenters. The lowest BCUT2D eigenvalue weighted by Crippen LogP contribution is -2.10. The average molecular weight is 357 g/mol. The lowest BCUT2D eigenvalue weighted by Gasteiger charge is -2.15. The van der Waals surface area contributed by atoms with Crippen molar-refractivity contribution in [3.63, 3.8) is 0 Å². The molecule has 1 fully saturated rings. The number of benzene rings is 2. The van der Waals surface area contributed by atoms with Gasteiger partial charge in [0, 0.05) is 41.7 Å². The number of aromatic amines is 1. The van der Waals surface area contributed by atoms with Gasteiger partial charge in [0.2, 0.25) is 0 Å². The van der Waals surface area contributed by atoms with Crippen LogP contribution < -0.4 is 0 Å². The molecule has 136 valence electrons. The summed E-state index contributed by atoms with van der Waals surface area (Å²) in [5.74, 6) is 0.422. The molecule has 4 aromatic rings. The van der Waals surface area contributed by atoms with Crippen LogP contribution in [0.4, 0.5) is 0 Å². The first-order chi connectivity index (χ1) is 13.4. The van der Waals surface area contributed by atoms with E-state index in [4.69, 9.17) is 9.72 Å². The SMILES string of the molecule is c1ccc(-c2ncn(CCc3c[nH]c4ccccc34)c2[C@@H]2CCOC2)cc1. The van der Waals surface area contributed by atoms with Crippen molar-refractivity contribution in [1.82, 2.24) is 14.5 Å². The van der Waals surface area contributed by atoms with E-state index in [1.54, 1.807) is 0 Å². The van der Waals surface area contributed by atoms with Gasteiger partial charge in [0.1, 0.15) is 0 Å². The van der Waals surface area contributed by atoms with Crippen LogP contribution in [0.1, 0.15) is 23.6 Å². The van der Waals surface area contributed by atoms with Crippen LogP contribution in [0.2, 0.25) is 0 Å². The van der Waals surface area contributed by atoms with Crippen molar-refractivity contribution in [3.8, 4) is 11.3 Å². The summed E-state index contributed by atoms with van der Waals surface area (Å²) in [6.07, 6.45) is 6.19. The zero-order valence-electron chi connectivity index (χ0n) is 15.3. The van der Waals surface area contributed by atoms with E-state index in [9.17, 15) is 0 Å². The summed E-state index contributed by atoms with van der Waals surface area (Å²) in [5.41, 5.74) is 6.16. The largest absolute Gasteiger partial charge is 0.381 e. The normalized spacial score (nSPS) is 17.0. The fraction of sp³-hybridized carbons (Fsp3) is 0.261. The molecule has 0 saturated carbocycles. The number of nitrogens with zero attached hydrogens (tertiary/aromatic N) is 2. The molecule has 2 aromatic carbocycles. The smallest absolute Gasteiger partial charge is 0.0956 e. The second kappa shape index (κ2) is 7.05. The van der Waals surface area contributed by atoms with Crippen molar-refractivity contribution in [2.75, 3.05) is 13.2 Å². The van der Waals surface area contributed by atoms with Crippen LogP contribution in [-0.2, 0) is 17.7 Å². The van der Waals surface area contributed by atoms with Crippen molar-refractivity contribution in [2.24, 2.45) is 0 Å². The number of H-pyrrole nitrogens is 1. The van der Waals surface area contributed by atoms with Crippen molar-refractivity contribution in [1.29, 1.82) is 0 Å². The lowest BCUT2D eigenvalue weighted by molar-refractivity contribution is 0.193. The first kappa shape index (κ1) is 16.3. The second-order valence-electron chi connectivity index (χ2n) is 7.21. The Kier molecular flexibility index (Phi) is 4.26. The summed E-state index contributed by atoms with van der Waals surface area (Å²) in [6.45, 7) is 2.55. The van der Waals surface area contributed by atoms with Gasteiger partial charge in [-0.2, -0.15) is 0 Å². The minimum Gasteiger partial charge on any atom is -0.381 e. The molecule has 1 N–H and O–H groups in total. The van der Waals surface area contributed by atoms with E-state index in [-0.39, 0.29) is 0 Å². The minimum absolute atomic E-state index is 0.422. The molecule has 0 unspecified atom stereocenters. The van der Waals surface area contributed by atoms with Crippen molar-refractivity contribution >= 4 is 10.9 Å². The van der Waals surface area contributed by atoms with E-state index >= 15 is 0 Å². The average Bonchev–Trinajstić information content (AvgIpc) is 3.46. The van der Waals surface area contributed by atoms with E-state index < -0.39 is 0 Å². The van der Waals surface area contributed by atoms with Gasteiger partial charge in [-0.15, -0.1) is 0 Å². The van der Waals surface area contributed by atoms with E-state index in [0.29, 0.717) is 5.92 Å². The van der Waals surface area contributed by atoms with Gasteiger partial charge < -0.3 is 14.3 Å². The third kappa shape index (κ3) is 3.06. The molecular formula is C23H23N3O. The number of hydrogen-bond donors (Lipinski definition) is 1. The van der Waals surface area contributed by atoms with Crippen LogP contribution in [0, 0.1) is 0 Å². The zero-order chi connectivity index (χ0) is 18.1. The van der Waals surface area contributed by atoms with E-state index in [1.807, 2.05) is 6.33 Å². The molecule has 1 aliphatic rings. The molecule has 1 aliphatic heterocycles. The fourth-order valence-corrected chi connectivity index (χ4v) is 4.15. The summed E-state index contributed by atoms with van der Waals surface area (Å²) < 4.78 is 8.03. The fourth-order valence-electron chi connectivity index (χ4n) is 4.15. The highest BCUT2D eigenvalue weighted by atomic mass is 16.5. The van der Waals surface area contributed by atoms with Crippen molar-refractivity contribution in [3.05, 3.63) is 78.4 Å². The van der Waals surface area contributed by atoms with Crippen LogP contribution in [0.25, 0.3) is 22.2 Å². The predicted molar refractivity (Wildman–Crippen MR) is 108 cm³/mol. The number of nitrogens with one attached hydrogen (secondary N) is 1. The second-order valence-corrected chi connectivity index (χ2v) is 7.21. The maximum Gasteiger partial charge on any atom is 0.0956 e. The molecule has 4 nitrogen and oxygen atoms in total. The van der Waals surface area contributed by atoms with Gasteiger partial charge in [0.05, 0.1) is 24.3 Å². The van der Waals surface area contributed by atoms with Crippen molar-refractivity contribution < 1.29 is 4.74 Å². The Bertz CT molecular complexity index is 1040. The van der Waals surface area contributed by atoms with Gasteiger partial charge in [-0.1, -0.05) is 48.5 Å². The highest BCUT2D eigenvalue weighted by Gasteiger charge is 2.25. The third-order valence-electron chi connectivity index (χ3n) is 5.54. The Morgan fingerprint density at radius 1 is 1.07 bits per heavy atom. The molecular weight excluding hydrogens is 334 g/mol. The number of aromatic nitrogens is 3. The first-order valence-corrected chi connectivity index (χ1v) is 9.63. The van der Waals surface area contributed by atoms with Crippen LogP contribution >= 0.6 is 0 Å². The van der Waals surface area contributed by atoms with Gasteiger partial charge in [0.15, 0.2) is 0 Å². The standard InChI is InChI=1S/C23H23N3O/c1-2-6-17(7-3-1)22-23(19-11-13-27-15-19)26(16-25-22)12-10-18-14-24-21-9-5-4-8-20(18)21/h1-9,14,16,19,24H,10-13,15H2/t19-/m1/s1. The molecule has 0 radical (unpaired) electrons. The highest BCUT2D eigenvalue weighted by molar-refractivity contribution is 5.83. The highest BCUT2D eigenvalue weighted by Crippen LogP contribution is 2.33.